The molecule has 1 aliphatic heterocycles. The van der Waals surface area contributed by atoms with Crippen molar-refractivity contribution in [3.63, 3.8) is 0 Å². The van der Waals surface area contributed by atoms with Crippen molar-refractivity contribution in [2.75, 3.05) is 39.3 Å². The minimum absolute atomic E-state index is 0.0509. The van der Waals surface area contributed by atoms with Gasteiger partial charge in [-0.05, 0) is 24.6 Å². The number of hydrogen-bond donors (Lipinski definition) is 1. The van der Waals surface area contributed by atoms with Gasteiger partial charge >= 0.3 is 6.09 Å². The summed E-state index contributed by atoms with van der Waals surface area (Å²) in [6.45, 7) is 5.36. The molecular weight excluding hydrogens is 273 g/mol. The average Bonchev–Trinajstić information content (AvgIpc) is 2.51. The molecular formula is C15H22FN3O2. The number of ether oxygens (including phenoxy) is 1. The van der Waals surface area contributed by atoms with Crippen LogP contribution in [0.4, 0.5) is 9.18 Å². The van der Waals surface area contributed by atoms with Crippen LogP contribution in [0.2, 0.25) is 0 Å². The van der Waals surface area contributed by atoms with Crippen LogP contribution < -0.4 is 5.73 Å². The summed E-state index contributed by atoms with van der Waals surface area (Å²) in [5.41, 5.74) is 6.88. The fourth-order valence-corrected chi connectivity index (χ4v) is 2.61. The molecule has 6 heteroatoms. The highest BCUT2D eigenvalue weighted by Crippen LogP contribution is 2.21. The second-order valence-corrected chi connectivity index (χ2v) is 5.02. The van der Waals surface area contributed by atoms with E-state index in [0.29, 0.717) is 26.2 Å². The summed E-state index contributed by atoms with van der Waals surface area (Å²) in [7, 11) is 0. The molecule has 21 heavy (non-hydrogen) atoms. The quantitative estimate of drug-likeness (QED) is 0.916. The Bertz CT molecular complexity index is 458. The maximum absolute atomic E-state index is 13.0. The summed E-state index contributed by atoms with van der Waals surface area (Å²) in [5, 5.41) is 0. The van der Waals surface area contributed by atoms with Crippen LogP contribution in [0.15, 0.2) is 24.3 Å². The number of benzene rings is 1. The van der Waals surface area contributed by atoms with Crippen molar-refractivity contribution >= 4 is 6.09 Å². The predicted octanol–water partition coefficient (Wildman–Crippen LogP) is 1.60. The molecule has 1 aliphatic rings. The second-order valence-electron chi connectivity index (χ2n) is 5.02. The zero-order valence-corrected chi connectivity index (χ0v) is 12.3. The highest BCUT2D eigenvalue weighted by molar-refractivity contribution is 5.67. The Kier molecular flexibility index (Phi) is 5.52. The van der Waals surface area contributed by atoms with E-state index in [1.165, 1.54) is 12.1 Å². The van der Waals surface area contributed by atoms with Gasteiger partial charge in [0.25, 0.3) is 0 Å². The standard InChI is InChI=1S/C15H22FN3O2/c1-2-21-15(20)19-9-7-18(8-10-19)14(11-17)12-3-5-13(16)6-4-12/h3-6,14H,2,7-11,17H2,1H3. The van der Waals surface area contributed by atoms with Crippen molar-refractivity contribution in [1.82, 2.24) is 9.80 Å². The first-order valence-electron chi connectivity index (χ1n) is 7.27. The zero-order chi connectivity index (χ0) is 15.2. The molecule has 0 aliphatic carbocycles. The first-order chi connectivity index (χ1) is 10.2. The molecule has 0 saturated carbocycles. The van der Waals surface area contributed by atoms with E-state index in [-0.39, 0.29) is 18.0 Å². The molecule has 0 aromatic heterocycles. The fraction of sp³-hybridized carbons (Fsp3) is 0.533. The Morgan fingerprint density at radius 2 is 1.90 bits per heavy atom. The van der Waals surface area contributed by atoms with Gasteiger partial charge in [0.15, 0.2) is 0 Å². The number of carbonyl (C=O) groups excluding carboxylic acids is 1. The molecule has 0 spiro atoms. The second kappa shape index (κ2) is 7.38. The molecule has 1 atom stereocenters. The third kappa shape index (κ3) is 3.92. The summed E-state index contributed by atoms with van der Waals surface area (Å²) in [5.74, 6) is -0.248. The molecule has 5 nitrogen and oxygen atoms in total. The number of hydrogen-bond acceptors (Lipinski definition) is 4. The van der Waals surface area contributed by atoms with Crippen molar-refractivity contribution in [3.8, 4) is 0 Å². The molecule has 1 aromatic carbocycles. The third-order valence-electron chi connectivity index (χ3n) is 3.76. The maximum atomic E-state index is 13.0. The molecule has 0 radical (unpaired) electrons. The Morgan fingerprint density at radius 1 is 1.29 bits per heavy atom. The van der Waals surface area contributed by atoms with Gasteiger partial charge in [-0.25, -0.2) is 9.18 Å². The number of nitrogens with two attached hydrogens (primary N) is 1. The van der Waals surface area contributed by atoms with Crippen LogP contribution in [-0.4, -0.2) is 55.2 Å². The largest absolute Gasteiger partial charge is 0.450 e. The number of halogens is 1. The van der Waals surface area contributed by atoms with Crippen molar-refractivity contribution < 1.29 is 13.9 Å². The maximum Gasteiger partial charge on any atom is 0.409 e. The molecule has 1 unspecified atom stereocenters. The van der Waals surface area contributed by atoms with Crippen molar-refractivity contribution in [2.45, 2.75) is 13.0 Å². The van der Waals surface area contributed by atoms with E-state index in [1.807, 2.05) is 0 Å². The summed E-state index contributed by atoms with van der Waals surface area (Å²) >= 11 is 0. The molecule has 2 N–H and O–H groups in total. The summed E-state index contributed by atoms with van der Waals surface area (Å²) in [6, 6.07) is 6.49. The third-order valence-corrected chi connectivity index (χ3v) is 3.76. The molecule has 116 valence electrons. The first kappa shape index (κ1) is 15.7. The monoisotopic (exact) mass is 295 g/mol. The van der Waals surface area contributed by atoms with Gasteiger partial charge in [0.05, 0.1) is 6.61 Å². The number of amides is 1. The van der Waals surface area contributed by atoms with Gasteiger partial charge in [0, 0.05) is 38.8 Å². The van der Waals surface area contributed by atoms with Crippen LogP contribution in [0.25, 0.3) is 0 Å². The van der Waals surface area contributed by atoms with E-state index < -0.39 is 0 Å². The number of carbonyl (C=O) groups is 1. The molecule has 1 aromatic rings. The van der Waals surface area contributed by atoms with E-state index in [0.717, 1.165) is 18.7 Å². The normalized spacial score (nSPS) is 17.6. The minimum Gasteiger partial charge on any atom is -0.450 e. The molecule has 1 heterocycles. The molecule has 2 rings (SSSR count). The topological polar surface area (TPSA) is 58.8 Å². The molecule has 1 saturated heterocycles. The average molecular weight is 295 g/mol. The van der Waals surface area contributed by atoms with Crippen LogP contribution >= 0.6 is 0 Å². The van der Waals surface area contributed by atoms with Gasteiger partial charge < -0.3 is 15.4 Å². The van der Waals surface area contributed by atoms with Crippen LogP contribution in [-0.2, 0) is 4.74 Å². The van der Waals surface area contributed by atoms with E-state index in [1.54, 1.807) is 24.0 Å². The highest BCUT2D eigenvalue weighted by atomic mass is 19.1. The fourth-order valence-electron chi connectivity index (χ4n) is 2.61. The Hall–Kier alpha value is -1.66. The summed E-state index contributed by atoms with van der Waals surface area (Å²) < 4.78 is 18.0. The van der Waals surface area contributed by atoms with Crippen LogP contribution in [0.5, 0.6) is 0 Å². The van der Waals surface area contributed by atoms with Crippen LogP contribution in [0.3, 0.4) is 0 Å². The van der Waals surface area contributed by atoms with Crippen molar-refractivity contribution in [1.29, 1.82) is 0 Å². The SMILES string of the molecule is CCOC(=O)N1CCN(C(CN)c2ccc(F)cc2)CC1. The van der Waals surface area contributed by atoms with Crippen molar-refractivity contribution in [3.05, 3.63) is 35.6 Å². The minimum atomic E-state index is -0.261. The van der Waals surface area contributed by atoms with E-state index in [4.69, 9.17) is 10.5 Å². The highest BCUT2D eigenvalue weighted by Gasteiger charge is 2.26. The Labute approximate surface area is 124 Å². The smallest absolute Gasteiger partial charge is 0.409 e. The van der Waals surface area contributed by atoms with Crippen LogP contribution in [0.1, 0.15) is 18.5 Å². The van der Waals surface area contributed by atoms with E-state index in [2.05, 4.69) is 4.90 Å². The molecule has 0 bridgehead atoms. The van der Waals surface area contributed by atoms with E-state index in [9.17, 15) is 9.18 Å². The lowest BCUT2D eigenvalue weighted by atomic mass is 10.0. The predicted molar refractivity (Wildman–Crippen MR) is 78.4 cm³/mol. The Morgan fingerprint density at radius 3 is 2.43 bits per heavy atom. The first-order valence-corrected chi connectivity index (χ1v) is 7.27. The van der Waals surface area contributed by atoms with Gasteiger partial charge in [-0.15, -0.1) is 0 Å². The van der Waals surface area contributed by atoms with Gasteiger partial charge in [-0.1, -0.05) is 12.1 Å². The number of rotatable bonds is 4. The summed E-state index contributed by atoms with van der Waals surface area (Å²) in [6.07, 6.45) is -0.261. The van der Waals surface area contributed by atoms with Crippen LogP contribution in [0, 0.1) is 5.82 Å². The summed E-state index contributed by atoms with van der Waals surface area (Å²) in [4.78, 5) is 15.6. The molecule has 1 fully saturated rings. The van der Waals surface area contributed by atoms with Crippen molar-refractivity contribution in [2.24, 2.45) is 5.73 Å². The Balaban J connectivity index is 1.96. The molecule has 1 amide bonds. The van der Waals surface area contributed by atoms with E-state index >= 15 is 0 Å². The van der Waals surface area contributed by atoms with Gasteiger partial charge in [-0.2, -0.15) is 0 Å². The lowest BCUT2D eigenvalue weighted by molar-refractivity contribution is 0.0671. The number of piperazine rings is 1. The lowest BCUT2D eigenvalue weighted by Gasteiger charge is -2.38. The van der Waals surface area contributed by atoms with Gasteiger partial charge in [-0.3, -0.25) is 4.90 Å². The lowest BCUT2D eigenvalue weighted by Crippen LogP contribution is -2.50. The van der Waals surface area contributed by atoms with Gasteiger partial charge in [0.2, 0.25) is 0 Å². The van der Waals surface area contributed by atoms with Gasteiger partial charge in [0.1, 0.15) is 5.82 Å². The zero-order valence-electron chi connectivity index (χ0n) is 12.3. The number of nitrogens with zero attached hydrogens (tertiary/aromatic N) is 2.